The second kappa shape index (κ2) is 12.2. The average molecular weight is 391 g/mol. The molecular weight excluding hydrogens is 356 g/mol. The molecule has 0 bridgehead atoms. The van der Waals surface area contributed by atoms with E-state index in [-0.39, 0.29) is 12.5 Å². The minimum absolute atomic E-state index is 0.0214. The number of nitrogens with zero attached hydrogens (tertiary/aromatic N) is 2. The summed E-state index contributed by atoms with van der Waals surface area (Å²) in [6.45, 7) is 2.50. The van der Waals surface area contributed by atoms with Crippen molar-refractivity contribution >= 4 is 11.9 Å². The van der Waals surface area contributed by atoms with E-state index in [0.29, 0.717) is 12.1 Å². The third kappa shape index (κ3) is 8.17. The van der Waals surface area contributed by atoms with Crippen molar-refractivity contribution in [2.45, 2.75) is 38.2 Å². The molecule has 0 aliphatic carbocycles. The number of aliphatic imine (C=N–C) groups is 1. The van der Waals surface area contributed by atoms with E-state index in [2.05, 4.69) is 27.8 Å². The number of carbonyl (C=O) groups is 1. The van der Waals surface area contributed by atoms with Crippen LogP contribution in [-0.2, 0) is 16.0 Å². The number of amides is 1. The van der Waals surface area contributed by atoms with Gasteiger partial charge in [-0.25, -0.2) is 4.99 Å². The number of rotatable bonds is 9. The molecule has 7 heteroatoms. The summed E-state index contributed by atoms with van der Waals surface area (Å²) in [7, 11) is 5.14. The summed E-state index contributed by atoms with van der Waals surface area (Å²) in [4.78, 5) is 17.8. The van der Waals surface area contributed by atoms with E-state index in [4.69, 9.17) is 9.47 Å². The van der Waals surface area contributed by atoms with Crippen LogP contribution in [0.25, 0.3) is 0 Å². The molecule has 7 nitrogen and oxygen atoms in total. The number of hydrogen-bond donors (Lipinski definition) is 2. The standard InChI is InChI=1S/C21H34N4O3/c1-25(2)20(26)16-24-21(23-14-12-19-6-4-5-15-28-19)22-13-11-17-7-9-18(27-3)10-8-17/h7-10,19H,4-6,11-16H2,1-3H3,(H2,22,23,24). The van der Waals surface area contributed by atoms with Crippen LogP contribution in [0.2, 0.25) is 0 Å². The van der Waals surface area contributed by atoms with Gasteiger partial charge in [-0.15, -0.1) is 0 Å². The van der Waals surface area contributed by atoms with Crippen molar-refractivity contribution in [2.75, 3.05) is 47.4 Å². The Morgan fingerprint density at radius 2 is 1.96 bits per heavy atom. The van der Waals surface area contributed by atoms with Crippen molar-refractivity contribution in [3.8, 4) is 5.75 Å². The fraction of sp³-hybridized carbons (Fsp3) is 0.619. The molecule has 1 amide bonds. The first-order valence-electron chi connectivity index (χ1n) is 10.1. The number of methoxy groups -OCH3 is 1. The minimum Gasteiger partial charge on any atom is -0.497 e. The van der Waals surface area contributed by atoms with Crippen LogP contribution in [0.15, 0.2) is 29.3 Å². The molecule has 1 aliphatic heterocycles. The van der Waals surface area contributed by atoms with E-state index >= 15 is 0 Å². The summed E-state index contributed by atoms with van der Waals surface area (Å²) in [6.07, 6.45) is 5.65. The van der Waals surface area contributed by atoms with Gasteiger partial charge in [0.05, 0.1) is 13.2 Å². The van der Waals surface area contributed by atoms with Crippen LogP contribution in [0.4, 0.5) is 0 Å². The first-order chi connectivity index (χ1) is 13.6. The Hall–Kier alpha value is -2.28. The van der Waals surface area contributed by atoms with Gasteiger partial charge in [0.15, 0.2) is 5.96 Å². The summed E-state index contributed by atoms with van der Waals surface area (Å²) in [5.41, 5.74) is 1.22. The van der Waals surface area contributed by atoms with Gasteiger partial charge in [-0.3, -0.25) is 4.79 Å². The Bertz CT molecular complexity index is 611. The molecule has 1 saturated heterocycles. The quantitative estimate of drug-likeness (QED) is 0.497. The van der Waals surface area contributed by atoms with Crippen molar-refractivity contribution < 1.29 is 14.3 Å². The highest BCUT2D eigenvalue weighted by atomic mass is 16.5. The summed E-state index contributed by atoms with van der Waals surface area (Å²) in [6, 6.07) is 8.03. The fourth-order valence-corrected chi connectivity index (χ4v) is 2.97. The molecule has 1 aliphatic rings. The molecule has 0 spiro atoms. The van der Waals surface area contributed by atoms with E-state index in [1.807, 2.05) is 12.1 Å². The number of likely N-dealkylation sites (N-methyl/N-ethyl adjacent to an activating group) is 1. The Morgan fingerprint density at radius 3 is 2.61 bits per heavy atom. The highest BCUT2D eigenvalue weighted by Crippen LogP contribution is 2.14. The number of guanidine groups is 1. The zero-order valence-corrected chi connectivity index (χ0v) is 17.4. The Morgan fingerprint density at radius 1 is 1.21 bits per heavy atom. The zero-order valence-electron chi connectivity index (χ0n) is 17.4. The maximum Gasteiger partial charge on any atom is 0.243 e. The van der Waals surface area contributed by atoms with Gasteiger partial charge in [-0.1, -0.05) is 12.1 Å². The normalized spacial score (nSPS) is 17.1. The lowest BCUT2D eigenvalue weighted by molar-refractivity contribution is -0.127. The first kappa shape index (κ1) is 22.0. The molecule has 1 aromatic rings. The van der Waals surface area contributed by atoms with Gasteiger partial charge >= 0.3 is 0 Å². The second-order valence-electron chi connectivity index (χ2n) is 7.18. The Balaban J connectivity index is 1.81. The maximum atomic E-state index is 11.9. The van der Waals surface area contributed by atoms with Gasteiger partial charge < -0.3 is 25.0 Å². The molecule has 1 aromatic carbocycles. The van der Waals surface area contributed by atoms with Crippen molar-refractivity contribution in [3.63, 3.8) is 0 Å². The summed E-state index contributed by atoms with van der Waals surface area (Å²) >= 11 is 0. The molecule has 2 N–H and O–H groups in total. The van der Waals surface area contributed by atoms with Crippen LogP contribution >= 0.6 is 0 Å². The summed E-state index contributed by atoms with van der Waals surface area (Å²) in [5.74, 6) is 1.50. The molecule has 1 unspecified atom stereocenters. The second-order valence-corrected chi connectivity index (χ2v) is 7.18. The van der Waals surface area contributed by atoms with Crippen LogP contribution < -0.4 is 15.4 Å². The summed E-state index contributed by atoms with van der Waals surface area (Å²) < 4.78 is 11.0. The number of nitrogens with one attached hydrogen (secondary N) is 2. The van der Waals surface area contributed by atoms with Gasteiger partial charge in [-0.2, -0.15) is 0 Å². The van der Waals surface area contributed by atoms with Crippen LogP contribution in [0.3, 0.4) is 0 Å². The molecule has 2 rings (SSSR count). The van der Waals surface area contributed by atoms with Gasteiger partial charge in [0.2, 0.25) is 5.91 Å². The smallest absolute Gasteiger partial charge is 0.243 e. The van der Waals surface area contributed by atoms with Crippen LogP contribution in [-0.4, -0.2) is 70.3 Å². The molecular formula is C21H34N4O3. The fourth-order valence-electron chi connectivity index (χ4n) is 2.97. The lowest BCUT2D eigenvalue weighted by Crippen LogP contribution is -2.41. The first-order valence-corrected chi connectivity index (χ1v) is 10.1. The van der Waals surface area contributed by atoms with E-state index in [1.165, 1.54) is 12.0 Å². The number of benzene rings is 1. The SMILES string of the molecule is COc1ccc(CCNC(=NCC(=O)N(C)C)NCCC2CCCCO2)cc1. The number of hydrogen-bond acceptors (Lipinski definition) is 4. The third-order valence-electron chi connectivity index (χ3n) is 4.77. The molecule has 156 valence electrons. The minimum atomic E-state index is -0.0214. The lowest BCUT2D eigenvalue weighted by atomic mass is 10.1. The maximum absolute atomic E-state index is 11.9. The molecule has 0 radical (unpaired) electrons. The molecule has 0 saturated carbocycles. The van der Waals surface area contributed by atoms with Gasteiger partial charge in [0, 0.05) is 33.8 Å². The molecule has 1 fully saturated rings. The Kier molecular flexibility index (Phi) is 9.62. The largest absolute Gasteiger partial charge is 0.497 e. The highest BCUT2D eigenvalue weighted by Gasteiger charge is 2.13. The van der Waals surface area contributed by atoms with Gasteiger partial charge in [-0.05, 0) is 49.8 Å². The predicted molar refractivity (Wildman–Crippen MR) is 112 cm³/mol. The number of ether oxygens (including phenoxy) is 2. The topological polar surface area (TPSA) is 75.2 Å². The average Bonchev–Trinajstić information content (AvgIpc) is 2.72. The molecule has 1 atom stereocenters. The van der Waals surface area contributed by atoms with Crippen molar-refractivity contribution in [3.05, 3.63) is 29.8 Å². The monoisotopic (exact) mass is 390 g/mol. The van der Waals surface area contributed by atoms with E-state index < -0.39 is 0 Å². The van der Waals surface area contributed by atoms with E-state index in [9.17, 15) is 4.79 Å². The van der Waals surface area contributed by atoms with Crippen LogP contribution in [0.5, 0.6) is 5.75 Å². The van der Waals surface area contributed by atoms with E-state index in [0.717, 1.165) is 51.1 Å². The molecule has 28 heavy (non-hydrogen) atoms. The van der Waals surface area contributed by atoms with Crippen LogP contribution in [0, 0.1) is 0 Å². The molecule has 1 heterocycles. The van der Waals surface area contributed by atoms with Crippen molar-refractivity contribution in [1.82, 2.24) is 15.5 Å². The molecule has 0 aromatic heterocycles. The third-order valence-corrected chi connectivity index (χ3v) is 4.77. The van der Waals surface area contributed by atoms with Crippen molar-refractivity contribution in [1.29, 1.82) is 0 Å². The lowest BCUT2D eigenvalue weighted by Gasteiger charge is -2.23. The van der Waals surface area contributed by atoms with E-state index in [1.54, 1.807) is 26.1 Å². The van der Waals surface area contributed by atoms with Crippen LogP contribution in [0.1, 0.15) is 31.2 Å². The van der Waals surface area contributed by atoms with Crippen molar-refractivity contribution in [2.24, 2.45) is 4.99 Å². The van der Waals surface area contributed by atoms with Gasteiger partial charge in [0.25, 0.3) is 0 Å². The predicted octanol–water partition coefficient (Wildman–Crippen LogP) is 1.82. The Labute approximate surface area is 168 Å². The number of carbonyl (C=O) groups excluding carboxylic acids is 1. The summed E-state index contributed by atoms with van der Waals surface area (Å²) in [5, 5.41) is 6.66. The zero-order chi connectivity index (χ0) is 20.2. The highest BCUT2D eigenvalue weighted by molar-refractivity contribution is 5.84. The van der Waals surface area contributed by atoms with Gasteiger partial charge in [0.1, 0.15) is 12.3 Å².